The molecule has 2 aromatic heterocycles. The lowest BCUT2D eigenvalue weighted by atomic mass is 10.0. The van der Waals surface area contributed by atoms with Crippen LogP contribution in [0.1, 0.15) is 24.2 Å². The first-order chi connectivity index (χ1) is 9.95. The summed E-state index contributed by atoms with van der Waals surface area (Å²) in [5, 5.41) is 14.5. The van der Waals surface area contributed by atoms with E-state index in [9.17, 15) is 9.90 Å². The maximum atomic E-state index is 12.3. The fourth-order valence-corrected chi connectivity index (χ4v) is 2.44. The van der Waals surface area contributed by atoms with Crippen LogP contribution in [0.3, 0.4) is 0 Å². The Balaban J connectivity index is 2.35. The molecule has 0 aliphatic heterocycles. The zero-order valence-corrected chi connectivity index (χ0v) is 12.1. The van der Waals surface area contributed by atoms with Crippen LogP contribution in [-0.4, -0.2) is 14.9 Å². The van der Waals surface area contributed by atoms with Gasteiger partial charge in [0.15, 0.2) is 5.43 Å². The van der Waals surface area contributed by atoms with E-state index >= 15 is 0 Å². The highest BCUT2D eigenvalue weighted by molar-refractivity contribution is 5.82. The molecule has 2 heterocycles. The van der Waals surface area contributed by atoms with Crippen molar-refractivity contribution in [3.05, 3.63) is 51.9 Å². The number of aliphatic hydroxyl groups excluding tert-OH is 1. The number of fused-ring (bicyclic) bond motifs is 1. The van der Waals surface area contributed by atoms with E-state index in [2.05, 4.69) is 5.10 Å². The first-order valence-corrected chi connectivity index (χ1v) is 6.71. The fraction of sp³-hybridized carbons (Fsp3) is 0.250. The number of aliphatic hydroxyl groups is 1. The van der Waals surface area contributed by atoms with Crippen molar-refractivity contribution < 1.29 is 9.52 Å². The molecule has 0 saturated heterocycles. The van der Waals surface area contributed by atoms with E-state index in [0.717, 1.165) is 11.1 Å². The van der Waals surface area contributed by atoms with Gasteiger partial charge in [-0.2, -0.15) is 5.10 Å². The minimum Gasteiger partial charge on any atom is -0.455 e. The predicted octanol–water partition coefficient (Wildman–Crippen LogP) is 2.56. The average Bonchev–Trinajstić information content (AvgIpc) is 2.85. The monoisotopic (exact) mass is 284 g/mol. The standard InChI is InChI=1S/C16H16N2O3/c1-9-4-12(10(2)19)16-13(5-9)14(20)6-15(21-16)11-7-17-18(3)8-11/h4-8,10,19H,1-3H3/t10-/m1/s1. The summed E-state index contributed by atoms with van der Waals surface area (Å²) in [6.45, 7) is 3.55. The molecule has 1 N–H and O–H groups in total. The van der Waals surface area contributed by atoms with Crippen molar-refractivity contribution in [1.29, 1.82) is 0 Å². The van der Waals surface area contributed by atoms with Gasteiger partial charge in [-0.3, -0.25) is 9.48 Å². The van der Waals surface area contributed by atoms with Crippen molar-refractivity contribution in [1.82, 2.24) is 9.78 Å². The Morgan fingerprint density at radius 2 is 2.10 bits per heavy atom. The van der Waals surface area contributed by atoms with E-state index in [0.29, 0.717) is 22.3 Å². The fourth-order valence-electron chi connectivity index (χ4n) is 2.44. The van der Waals surface area contributed by atoms with Gasteiger partial charge >= 0.3 is 0 Å². The van der Waals surface area contributed by atoms with Crippen LogP contribution in [-0.2, 0) is 7.05 Å². The Morgan fingerprint density at radius 1 is 1.33 bits per heavy atom. The highest BCUT2D eigenvalue weighted by Gasteiger charge is 2.15. The van der Waals surface area contributed by atoms with Gasteiger partial charge in [0.1, 0.15) is 11.3 Å². The third kappa shape index (κ3) is 2.36. The van der Waals surface area contributed by atoms with Gasteiger partial charge in [-0.25, -0.2) is 0 Å². The second-order valence-electron chi connectivity index (χ2n) is 5.28. The van der Waals surface area contributed by atoms with Gasteiger partial charge in [0.05, 0.1) is 23.3 Å². The summed E-state index contributed by atoms with van der Waals surface area (Å²) in [7, 11) is 1.80. The molecule has 1 aromatic carbocycles. The average molecular weight is 284 g/mol. The summed E-state index contributed by atoms with van der Waals surface area (Å²) in [4.78, 5) is 12.3. The van der Waals surface area contributed by atoms with Crippen LogP contribution >= 0.6 is 0 Å². The van der Waals surface area contributed by atoms with E-state index in [1.54, 1.807) is 37.1 Å². The maximum absolute atomic E-state index is 12.3. The molecule has 21 heavy (non-hydrogen) atoms. The van der Waals surface area contributed by atoms with Crippen molar-refractivity contribution in [2.45, 2.75) is 20.0 Å². The topological polar surface area (TPSA) is 68.3 Å². The number of benzene rings is 1. The predicted molar refractivity (Wildman–Crippen MR) is 80.1 cm³/mol. The van der Waals surface area contributed by atoms with E-state index in [1.807, 2.05) is 13.0 Å². The van der Waals surface area contributed by atoms with E-state index < -0.39 is 6.10 Å². The molecule has 5 nitrogen and oxygen atoms in total. The first kappa shape index (κ1) is 13.6. The van der Waals surface area contributed by atoms with Crippen LogP contribution in [0.25, 0.3) is 22.3 Å². The van der Waals surface area contributed by atoms with E-state index in [1.165, 1.54) is 6.07 Å². The minimum atomic E-state index is -0.709. The Labute approximate surface area is 121 Å². The number of aryl methyl sites for hydroxylation is 2. The van der Waals surface area contributed by atoms with Gasteiger partial charge in [-0.15, -0.1) is 0 Å². The molecule has 0 unspecified atom stereocenters. The van der Waals surface area contributed by atoms with Gasteiger partial charge in [0, 0.05) is 24.9 Å². The highest BCUT2D eigenvalue weighted by Crippen LogP contribution is 2.28. The second-order valence-corrected chi connectivity index (χ2v) is 5.28. The second kappa shape index (κ2) is 4.86. The zero-order valence-electron chi connectivity index (χ0n) is 12.1. The van der Waals surface area contributed by atoms with Crippen LogP contribution in [0.15, 0.2) is 39.8 Å². The summed E-state index contributed by atoms with van der Waals surface area (Å²) in [5.74, 6) is 0.450. The molecule has 0 aliphatic rings. The van der Waals surface area contributed by atoms with Gasteiger partial charge in [0.2, 0.25) is 0 Å². The number of hydrogen-bond donors (Lipinski definition) is 1. The van der Waals surface area contributed by atoms with Crippen LogP contribution in [0.2, 0.25) is 0 Å². The molecule has 3 rings (SSSR count). The summed E-state index contributed by atoms with van der Waals surface area (Å²) < 4.78 is 7.52. The minimum absolute atomic E-state index is 0.124. The smallest absolute Gasteiger partial charge is 0.193 e. The Bertz CT molecular complexity index is 875. The lowest BCUT2D eigenvalue weighted by Gasteiger charge is -2.10. The molecule has 5 heteroatoms. The third-order valence-corrected chi connectivity index (χ3v) is 3.44. The molecular weight excluding hydrogens is 268 g/mol. The molecule has 0 amide bonds. The molecule has 0 aliphatic carbocycles. The molecule has 0 spiro atoms. The lowest BCUT2D eigenvalue weighted by molar-refractivity contribution is 0.199. The van der Waals surface area contributed by atoms with Gasteiger partial charge in [-0.05, 0) is 31.5 Å². The SMILES string of the molecule is Cc1cc([C@@H](C)O)c2oc(-c3cnn(C)c3)cc(=O)c2c1. The maximum Gasteiger partial charge on any atom is 0.193 e. The highest BCUT2D eigenvalue weighted by atomic mass is 16.3. The van der Waals surface area contributed by atoms with Crippen molar-refractivity contribution in [3.63, 3.8) is 0 Å². The number of aromatic nitrogens is 2. The van der Waals surface area contributed by atoms with Crippen molar-refractivity contribution in [2.75, 3.05) is 0 Å². The van der Waals surface area contributed by atoms with E-state index in [4.69, 9.17) is 4.42 Å². The van der Waals surface area contributed by atoms with Gasteiger partial charge in [0.25, 0.3) is 0 Å². The van der Waals surface area contributed by atoms with Crippen molar-refractivity contribution in [2.24, 2.45) is 7.05 Å². The summed E-state index contributed by atoms with van der Waals surface area (Å²) in [6.07, 6.45) is 2.71. The largest absolute Gasteiger partial charge is 0.455 e. The molecule has 0 fully saturated rings. The van der Waals surface area contributed by atoms with Crippen molar-refractivity contribution in [3.8, 4) is 11.3 Å². The molecular formula is C16H16N2O3. The molecule has 0 bridgehead atoms. The molecule has 3 aromatic rings. The van der Waals surface area contributed by atoms with E-state index in [-0.39, 0.29) is 5.43 Å². The number of rotatable bonds is 2. The number of hydrogen-bond acceptors (Lipinski definition) is 4. The summed E-state index contributed by atoms with van der Waals surface area (Å²) in [5.41, 5.74) is 2.57. The summed E-state index contributed by atoms with van der Waals surface area (Å²) >= 11 is 0. The van der Waals surface area contributed by atoms with Gasteiger partial charge in [-0.1, -0.05) is 0 Å². The Morgan fingerprint density at radius 3 is 2.71 bits per heavy atom. The van der Waals surface area contributed by atoms with Crippen LogP contribution in [0.5, 0.6) is 0 Å². The summed E-state index contributed by atoms with van der Waals surface area (Å²) in [6, 6.07) is 5.08. The zero-order chi connectivity index (χ0) is 15.1. The van der Waals surface area contributed by atoms with Crippen molar-refractivity contribution >= 4 is 11.0 Å². The lowest BCUT2D eigenvalue weighted by Crippen LogP contribution is -2.04. The molecule has 1 atom stereocenters. The van der Waals surface area contributed by atoms with Crippen LogP contribution in [0.4, 0.5) is 0 Å². The Kier molecular flexibility index (Phi) is 3.14. The van der Waals surface area contributed by atoms with Crippen LogP contribution in [0, 0.1) is 6.92 Å². The van der Waals surface area contributed by atoms with Crippen LogP contribution < -0.4 is 5.43 Å². The number of nitrogens with zero attached hydrogens (tertiary/aromatic N) is 2. The first-order valence-electron chi connectivity index (χ1n) is 6.71. The Hall–Kier alpha value is -2.40. The molecule has 108 valence electrons. The molecule has 0 radical (unpaired) electrons. The van der Waals surface area contributed by atoms with Gasteiger partial charge < -0.3 is 9.52 Å². The normalized spacial score (nSPS) is 12.8. The quantitative estimate of drug-likeness (QED) is 0.785. The molecule has 0 saturated carbocycles. The third-order valence-electron chi connectivity index (χ3n) is 3.44.